The van der Waals surface area contributed by atoms with Crippen molar-refractivity contribution in [3.05, 3.63) is 72.1 Å². The van der Waals surface area contributed by atoms with Gasteiger partial charge in [-0.1, -0.05) is 48.5 Å². The van der Waals surface area contributed by atoms with Crippen LogP contribution >= 0.6 is 0 Å². The molecule has 0 radical (unpaired) electrons. The van der Waals surface area contributed by atoms with E-state index in [1.807, 2.05) is 19.2 Å². The van der Waals surface area contributed by atoms with Gasteiger partial charge in [0, 0.05) is 32.2 Å². The highest BCUT2D eigenvalue weighted by atomic mass is 15.3. The molecule has 6 nitrogen and oxygen atoms in total. The van der Waals surface area contributed by atoms with E-state index in [0.29, 0.717) is 5.92 Å². The summed E-state index contributed by atoms with van der Waals surface area (Å²) in [6.07, 6.45) is 3.87. The van der Waals surface area contributed by atoms with Crippen LogP contribution in [0.5, 0.6) is 0 Å². The van der Waals surface area contributed by atoms with Crippen molar-refractivity contribution in [2.75, 3.05) is 20.1 Å². The van der Waals surface area contributed by atoms with Crippen molar-refractivity contribution >= 4 is 5.96 Å². The zero-order chi connectivity index (χ0) is 19.2. The van der Waals surface area contributed by atoms with E-state index in [9.17, 15) is 0 Å². The Morgan fingerprint density at radius 2 is 2.04 bits per heavy atom. The number of H-pyrrole nitrogens is 1. The van der Waals surface area contributed by atoms with Crippen LogP contribution in [-0.2, 0) is 13.0 Å². The first kappa shape index (κ1) is 18.2. The van der Waals surface area contributed by atoms with Crippen molar-refractivity contribution in [2.45, 2.75) is 19.4 Å². The van der Waals surface area contributed by atoms with E-state index in [4.69, 9.17) is 0 Å². The van der Waals surface area contributed by atoms with Gasteiger partial charge in [0.15, 0.2) is 11.8 Å². The summed E-state index contributed by atoms with van der Waals surface area (Å²) < 4.78 is 0. The number of guanidine groups is 1. The van der Waals surface area contributed by atoms with Crippen molar-refractivity contribution in [3.63, 3.8) is 0 Å². The number of hydrogen-bond acceptors (Lipinski definition) is 3. The van der Waals surface area contributed by atoms with Gasteiger partial charge in [0.1, 0.15) is 6.33 Å². The summed E-state index contributed by atoms with van der Waals surface area (Å²) in [6, 6.07) is 19.1. The molecule has 2 aromatic carbocycles. The number of nitrogens with one attached hydrogen (secondary N) is 2. The average Bonchev–Trinajstić information content (AvgIpc) is 3.42. The molecule has 28 heavy (non-hydrogen) atoms. The van der Waals surface area contributed by atoms with Crippen LogP contribution < -0.4 is 5.32 Å². The van der Waals surface area contributed by atoms with E-state index < -0.39 is 0 Å². The van der Waals surface area contributed by atoms with Gasteiger partial charge in [0.25, 0.3) is 0 Å². The van der Waals surface area contributed by atoms with Gasteiger partial charge in [-0.15, -0.1) is 0 Å². The maximum Gasteiger partial charge on any atom is 0.193 e. The lowest BCUT2D eigenvalue weighted by Crippen LogP contribution is -2.39. The van der Waals surface area contributed by atoms with Gasteiger partial charge in [-0.25, -0.2) is 4.98 Å². The molecule has 6 heteroatoms. The third-order valence-electron chi connectivity index (χ3n) is 5.23. The molecule has 1 unspecified atom stereocenters. The zero-order valence-electron chi connectivity index (χ0n) is 16.2. The molecule has 1 fully saturated rings. The van der Waals surface area contributed by atoms with Crippen molar-refractivity contribution in [1.82, 2.24) is 25.4 Å². The molecule has 1 saturated heterocycles. The molecule has 1 aliphatic heterocycles. The zero-order valence-corrected chi connectivity index (χ0v) is 16.2. The number of aliphatic imine (C=N–C) groups is 1. The van der Waals surface area contributed by atoms with E-state index >= 15 is 0 Å². The summed E-state index contributed by atoms with van der Waals surface area (Å²) in [5, 5.41) is 10.4. The maximum atomic E-state index is 4.50. The molecule has 0 aliphatic carbocycles. The first-order valence-electron chi connectivity index (χ1n) is 9.76. The van der Waals surface area contributed by atoms with Gasteiger partial charge in [-0.3, -0.25) is 10.1 Å². The summed E-state index contributed by atoms with van der Waals surface area (Å²) in [7, 11) is 1.86. The largest absolute Gasteiger partial charge is 0.352 e. The van der Waals surface area contributed by atoms with E-state index in [-0.39, 0.29) is 0 Å². The molecule has 1 atom stereocenters. The number of aromatic nitrogens is 3. The van der Waals surface area contributed by atoms with Gasteiger partial charge in [0.2, 0.25) is 0 Å². The molecule has 3 aromatic rings. The Bertz CT molecular complexity index is 904. The van der Waals surface area contributed by atoms with Gasteiger partial charge >= 0.3 is 0 Å². The number of nitrogens with zero attached hydrogens (tertiary/aromatic N) is 4. The minimum absolute atomic E-state index is 0.677. The van der Waals surface area contributed by atoms with Crippen LogP contribution in [0.2, 0.25) is 0 Å². The molecule has 0 spiro atoms. The van der Waals surface area contributed by atoms with Crippen molar-refractivity contribution in [2.24, 2.45) is 10.9 Å². The summed E-state index contributed by atoms with van der Waals surface area (Å²) in [6.45, 7) is 2.83. The van der Waals surface area contributed by atoms with Gasteiger partial charge in [-0.2, -0.15) is 5.10 Å². The normalized spacial score (nSPS) is 17.1. The lowest BCUT2D eigenvalue weighted by Gasteiger charge is -2.22. The highest BCUT2D eigenvalue weighted by molar-refractivity contribution is 5.80. The van der Waals surface area contributed by atoms with E-state index in [2.05, 4.69) is 72.9 Å². The second kappa shape index (κ2) is 8.69. The molecule has 2 N–H and O–H groups in total. The number of likely N-dealkylation sites (tertiary alicyclic amines) is 1. The van der Waals surface area contributed by atoms with Crippen LogP contribution in [0.3, 0.4) is 0 Å². The Labute approximate surface area is 165 Å². The van der Waals surface area contributed by atoms with Crippen LogP contribution in [0.15, 0.2) is 65.9 Å². The van der Waals surface area contributed by atoms with Crippen molar-refractivity contribution in [3.8, 4) is 11.4 Å². The van der Waals surface area contributed by atoms with Crippen LogP contribution in [0.4, 0.5) is 0 Å². The van der Waals surface area contributed by atoms with Crippen LogP contribution in [0, 0.1) is 5.92 Å². The van der Waals surface area contributed by atoms with Crippen molar-refractivity contribution in [1.29, 1.82) is 0 Å². The van der Waals surface area contributed by atoms with Gasteiger partial charge in [-0.05, 0) is 36.0 Å². The van der Waals surface area contributed by atoms with Crippen LogP contribution in [0.1, 0.15) is 17.5 Å². The van der Waals surface area contributed by atoms with Crippen molar-refractivity contribution < 1.29 is 0 Å². The summed E-state index contributed by atoms with van der Waals surface area (Å²) >= 11 is 0. The summed E-state index contributed by atoms with van der Waals surface area (Å²) in [4.78, 5) is 11.1. The van der Waals surface area contributed by atoms with Crippen LogP contribution in [-0.4, -0.2) is 46.2 Å². The minimum atomic E-state index is 0.677. The van der Waals surface area contributed by atoms with Gasteiger partial charge < -0.3 is 10.2 Å². The second-order valence-electron chi connectivity index (χ2n) is 7.23. The highest BCUT2D eigenvalue weighted by Crippen LogP contribution is 2.21. The SMILES string of the molecule is CN=C(NCc1cccc(-c2ncn[nH]2)c1)N1CCC(Cc2ccccc2)C1. The minimum Gasteiger partial charge on any atom is -0.352 e. The molecular formula is C22H26N6. The number of benzene rings is 2. The number of rotatable bonds is 5. The monoisotopic (exact) mass is 374 g/mol. The molecule has 0 amide bonds. The Balaban J connectivity index is 1.34. The molecule has 1 aliphatic rings. The third kappa shape index (κ3) is 4.39. The maximum absolute atomic E-state index is 4.50. The highest BCUT2D eigenvalue weighted by Gasteiger charge is 2.24. The Kier molecular flexibility index (Phi) is 5.66. The molecule has 0 saturated carbocycles. The molecular weight excluding hydrogens is 348 g/mol. The first-order valence-corrected chi connectivity index (χ1v) is 9.76. The summed E-state index contributed by atoms with van der Waals surface area (Å²) in [5.74, 6) is 2.44. The summed E-state index contributed by atoms with van der Waals surface area (Å²) in [5.41, 5.74) is 3.65. The molecule has 2 heterocycles. The Morgan fingerprint density at radius 1 is 1.18 bits per heavy atom. The third-order valence-corrected chi connectivity index (χ3v) is 5.23. The van der Waals surface area contributed by atoms with E-state index in [1.165, 1.54) is 23.9 Å². The first-order chi connectivity index (χ1) is 13.8. The predicted octanol–water partition coefficient (Wildman–Crippen LogP) is 3.11. The molecule has 0 bridgehead atoms. The fourth-order valence-corrected chi connectivity index (χ4v) is 3.83. The average molecular weight is 374 g/mol. The van der Waals surface area contributed by atoms with E-state index in [0.717, 1.165) is 43.4 Å². The number of hydrogen-bond donors (Lipinski definition) is 2. The fourth-order valence-electron chi connectivity index (χ4n) is 3.83. The smallest absolute Gasteiger partial charge is 0.193 e. The molecule has 4 rings (SSSR count). The molecule has 144 valence electrons. The molecule has 1 aromatic heterocycles. The Morgan fingerprint density at radius 3 is 2.82 bits per heavy atom. The fraction of sp³-hybridized carbons (Fsp3) is 0.318. The topological polar surface area (TPSA) is 69.2 Å². The van der Waals surface area contributed by atoms with Crippen LogP contribution in [0.25, 0.3) is 11.4 Å². The number of aromatic amines is 1. The van der Waals surface area contributed by atoms with Gasteiger partial charge in [0.05, 0.1) is 0 Å². The quantitative estimate of drug-likeness (QED) is 0.532. The standard InChI is InChI=1S/C22H26N6/c1-23-22(28-11-10-19(15-28)12-17-6-3-2-4-7-17)24-14-18-8-5-9-20(13-18)21-25-16-26-27-21/h2-9,13,16,19H,10-12,14-15H2,1H3,(H,23,24)(H,25,26,27). The lowest BCUT2D eigenvalue weighted by atomic mass is 9.99. The predicted molar refractivity (Wildman–Crippen MR) is 112 cm³/mol. The van der Waals surface area contributed by atoms with E-state index in [1.54, 1.807) is 0 Å². The second-order valence-corrected chi connectivity index (χ2v) is 7.23. The Hall–Kier alpha value is -3.15. The lowest BCUT2D eigenvalue weighted by molar-refractivity contribution is 0.460.